The standard InChI is InChI=1S/C36H39NO12/c1-37(13-5-15-46-33(41)12-7-23-17-31(43-2)36(45-4)32(18-23)44-3)14-6-16-47-34(42)22-48-26-10-8-24(9-11-26)29-21-28(40)35-27(39)19-25(38)20-30(35)49-29/h7-12,17-21,38-39H,5-6,13-16,22H2,1-4H3/b12-7+. The van der Waals surface area contributed by atoms with Crippen LogP contribution < -0.4 is 24.4 Å². The van der Waals surface area contributed by atoms with Gasteiger partial charge in [-0.05, 0) is 67.9 Å². The van der Waals surface area contributed by atoms with Crippen molar-refractivity contribution >= 4 is 29.0 Å². The zero-order chi connectivity index (χ0) is 35.3. The molecule has 0 spiro atoms. The third-order valence-electron chi connectivity index (χ3n) is 7.26. The number of benzene rings is 3. The van der Waals surface area contributed by atoms with Crippen LogP contribution in [0, 0.1) is 0 Å². The Kier molecular flexibility index (Phi) is 12.9. The number of phenols is 2. The van der Waals surface area contributed by atoms with Crippen LogP contribution in [0.2, 0.25) is 0 Å². The molecule has 13 nitrogen and oxygen atoms in total. The summed E-state index contributed by atoms with van der Waals surface area (Å²) in [4.78, 5) is 38.8. The molecule has 3 aromatic carbocycles. The van der Waals surface area contributed by atoms with E-state index in [2.05, 4.69) is 4.90 Å². The van der Waals surface area contributed by atoms with Crippen LogP contribution in [-0.2, 0) is 19.1 Å². The topological polar surface area (TPSA) is 163 Å². The lowest BCUT2D eigenvalue weighted by molar-refractivity contribution is -0.146. The second-order valence-corrected chi connectivity index (χ2v) is 10.8. The molecule has 0 aliphatic heterocycles. The Hall–Kier alpha value is -5.69. The lowest BCUT2D eigenvalue weighted by atomic mass is 10.1. The first-order chi connectivity index (χ1) is 23.6. The van der Waals surface area contributed by atoms with Gasteiger partial charge in [0.15, 0.2) is 23.5 Å². The summed E-state index contributed by atoms with van der Waals surface area (Å²) in [6.07, 6.45) is 4.19. The lowest BCUT2D eigenvalue weighted by Gasteiger charge is -2.16. The number of aromatic hydroxyl groups is 2. The summed E-state index contributed by atoms with van der Waals surface area (Å²) in [7, 11) is 6.48. The van der Waals surface area contributed by atoms with Crippen molar-refractivity contribution in [2.75, 3.05) is 61.3 Å². The first kappa shape index (κ1) is 36.2. The lowest BCUT2D eigenvalue weighted by Crippen LogP contribution is -2.24. The maximum absolute atomic E-state index is 12.5. The van der Waals surface area contributed by atoms with E-state index in [4.69, 9.17) is 32.8 Å². The molecule has 0 amide bonds. The van der Waals surface area contributed by atoms with Gasteiger partial charge in [-0.1, -0.05) is 0 Å². The number of rotatable bonds is 17. The van der Waals surface area contributed by atoms with E-state index in [9.17, 15) is 24.6 Å². The molecule has 260 valence electrons. The normalized spacial score (nSPS) is 11.1. The van der Waals surface area contributed by atoms with Crippen molar-refractivity contribution in [3.8, 4) is 45.8 Å². The summed E-state index contributed by atoms with van der Waals surface area (Å²) in [5.74, 6) is 0.490. The van der Waals surface area contributed by atoms with E-state index in [-0.39, 0.29) is 48.0 Å². The van der Waals surface area contributed by atoms with Gasteiger partial charge in [0.05, 0.1) is 34.5 Å². The van der Waals surface area contributed by atoms with Gasteiger partial charge >= 0.3 is 11.9 Å². The SMILES string of the molecule is COc1cc(/C=C/C(=O)OCCCN(C)CCCOC(=O)COc2ccc(-c3cc(=O)c4c(O)cc(O)cc4o3)cc2)cc(OC)c1OC. The first-order valence-corrected chi connectivity index (χ1v) is 15.3. The van der Waals surface area contributed by atoms with Gasteiger partial charge in [0.25, 0.3) is 0 Å². The summed E-state index contributed by atoms with van der Waals surface area (Å²) in [5.41, 5.74) is 0.843. The van der Waals surface area contributed by atoms with Crippen LogP contribution in [0.4, 0.5) is 0 Å². The Labute approximate surface area is 282 Å². The van der Waals surface area contributed by atoms with Gasteiger partial charge in [-0.2, -0.15) is 0 Å². The van der Waals surface area contributed by atoms with Crippen LogP contribution in [-0.4, -0.2) is 88.3 Å². The van der Waals surface area contributed by atoms with Crippen LogP contribution in [0.25, 0.3) is 28.4 Å². The maximum Gasteiger partial charge on any atom is 0.344 e. The highest BCUT2D eigenvalue weighted by Crippen LogP contribution is 2.38. The number of fused-ring (bicyclic) bond motifs is 1. The van der Waals surface area contributed by atoms with E-state index in [1.807, 2.05) is 7.05 Å². The third kappa shape index (κ3) is 10.1. The van der Waals surface area contributed by atoms with Crippen LogP contribution in [0.5, 0.6) is 34.5 Å². The number of ether oxygens (including phenoxy) is 6. The molecule has 0 unspecified atom stereocenters. The fraction of sp³-hybridized carbons (Fsp3) is 0.306. The van der Waals surface area contributed by atoms with Gasteiger partial charge in [0, 0.05) is 42.9 Å². The average molecular weight is 678 g/mol. The Balaban J connectivity index is 1.10. The van der Waals surface area contributed by atoms with Crippen molar-refractivity contribution < 1.29 is 52.6 Å². The number of methoxy groups -OCH3 is 3. The van der Waals surface area contributed by atoms with Crippen molar-refractivity contribution in [1.29, 1.82) is 0 Å². The number of hydrogen-bond acceptors (Lipinski definition) is 13. The maximum atomic E-state index is 12.5. The molecule has 4 aromatic rings. The van der Waals surface area contributed by atoms with Crippen molar-refractivity contribution in [1.82, 2.24) is 4.90 Å². The van der Waals surface area contributed by atoms with E-state index in [0.717, 1.165) is 6.07 Å². The number of hydrogen-bond donors (Lipinski definition) is 2. The summed E-state index contributed by atoms with van der Waals surface area (Å²) in [6, 6.07) is 13.6. The number of carbonyl (C=O) groups is 2. The molecule has 0 aliphatic rings. The average Bonchev–Trinajstić information content (AvgIpc) is 3.09. The Morgan fingerprint density at radius 3 is 2.14 bits per heavy atom. The van der Waals surface area contributed by atoms with Gasteiger partial charge in [-0.15, -0.1) is 0 Å². The summed E-state index contributed by atoms with van der Waals surface area (Å²) < 4.78 is 37.7. The highest BCUT2D eigenvalue weighted by Gasteiger charge is 2.14. The molecule has 0 fully saturated rings. The molecule has 2 N–H and O–H groups in total. The number of carbonyl (C=O) groups excluding carboxylic acids is 2. The van der Waals surface area contributed by atoms with Gasteiger partial charge in [0.1, 0.15) is 34.0 Å². The van der Waals surface area contributed by atoms with E-state index in [1.165, 1.54) is 39.5 Å². The minimum absolute atomic E-state index is 0.0233. The first-order valence-electron chi connectivity index (χ1n) is 15.3. The zero-order valence-electron chi connectivity index (χ0n) is 27.7. The molecule has 0 saturated carbocycles. The van der Waals surface area contributed by atoms with Crippen molar-refractivity contribution in [3.63, 3.8) is 0 Å². The Bertz CT molecular complexity index is 1810. The molecule has 0 radical (unpaired) electrons. The van der Waals surface area contributed by atoms with Crippen LogP contribution in [0.1, 0.15) is 18.4 Å². The number of phenolic OH excluding ortho intramolecular Hbond substituents is 2. The second-order valence-electron chi connectivity index (χ2n) is 10.8. The van der Waals surface area contributed by atoms with Crippen molar-refractivity contribution in [2.45, 2.75) is 12.8 Å². The largest absolute Gasteiger partial charge is 0.508 e. The van der Waals surface area contributed by atoms with E-state index in [1.54, 1.807) is 42.5 Å². The summed E-state index contributed by atoms with van der Waals surface area (Å²) in [6.45, 7) is 1.55. The van der Waals surface area contributed by atoms with Gasteiger partial charge < -0.3 is 48.0 Å². The molecular weight excluding hydrogens is 638 g/mol. The molecule has 0 bridgehead atoms. The van der Waals surface area contributed by atoms with Crippen LogP contribution >= 0.6 is 0 Å². The van der Waals surface area contributed by atoms with E-state index < -0.39 is 17.4 Å². The van der Waals surface area contributed by atoms with Gasteiger partial charge in [0.2, 0.25) is 5.75 Å². The highest BCUT2D eigenvalue weighted by atomic mass is 16.6. The monoisotopic (exact) mass is 677 g/mol. The van der Waals surface area contributed by atoms with Crippen LogP contribution in [0.3, 0.4) is 0 Å². The molecule has 0 saturated heterocycles. The summed E-state index contributed by atoms with van der Waals surface area (Å²) in [5, 5.41) is 19.7. The van der Waals surface area contributed by atoms with E-state index >= 15 is 0 Å². The Morgan fingerprint density at radius 2 is 1.51 bits per heavy atom. The molecule has 0 aliphatic carbocycles. The number of esters is 2. The Morgan fingerprint density at radius 1 is 0.857 bits per heavy atom. The van der Waals surface area contributed by atoms with Crippen molar-refractivity contribution in [2.24, 2.45) is 0 Å². The highest BCUT2D eigenvalue weighted by molar-refractivity contribution is 5.87. The van der Waals surface area contributed by atoms with E-state index in [0.29, 0.717) is 60.1 Å². The van der Waals surface area contributed by atoms with Crippen LogP contribution in [0.15, 0.2) is 69.9 Å². The third-order valence-corrected chi connectivity index (χ3v) is 7.26. The molecule has 4 rings (SSSR count). The quantitative estimate of drug-likeness (QED) is 0.0892. The molecule has 0 atom stereocenters. The molecule has 13 heteroatoms. The van der Waals surface area contributed by atoms with Gasteiger partial charge in [-0.25, -0.2) is 9.59 Å². The zero-order valence-corrected chi connectivity index (χ0v) is 27.7. The smallest absolute Gasteiger partial charge is 0.344 e. The number of nitrogens with zero attached hydrogens (tertiary/aromatic N) is 1. The van der Waals surface area contributed by atoms with Crippen molar-refractivity contribution in [3.05, 3.63) is 76.5 Å². The molecule has 1 aromatic heterocycles. The minimum Gasteiger partial charge on any atom is -0.508 e. The molecule has 49 heavy (non-hydrogen) atoms. The molecule has 1 heterocycles. The predicted octanol–water partition coefficient (Wildman–Crippen LogP) is 4.79. The fourth-order valence-corrected chi connectivity index (χ4v) is 4.85. The predicted molar refractivity (Wildman–Crippen MR) is 181 cm³/mol. The summed E-state index contributed by atoms with van der Waals surface area (Å²) >= 11 is 0. The van der Waals surface area contributed by atoms with Gasteiger partial charge in [-0.3, -0.25) is 4.79 Å². The second kappa shape index (κ2) is 17.5. The minimum atomic E-state index is -0.515. The fourth-order valence-electron chi connectivity index (χ4n) is 4.85. The molecular formula is C36H39NO12.